The molecule has 2 unspecified atom stereocenters. The minimum atomic E-state index is -0.240. The highest BCUT2D eigenvalue weighted by molar-refractivity contribution is 5.91. The van der Waals surface area contributed by atoms with Gasteiger partial charge < -0.3 is 10.6 Å². The molecule has 0 saturated carbocycles. The minimum absolute atomic E-state index is 0.122. The van der Waals surface area contributed by atoms with E-state index < -0.39 is 0 Å². The van der Waals surface area contributed by atoms with Crippen molar-refractivity contribution in [2.24, 2.45) is 5.92 Å². The maximum Gasteiger partial charge on any atom is 0.291 e. The number of fused-ring (bicyclic) bond motifs is 1. The molecular weight excluding hydrogens is 256 g/mol. The third-order valence-electron chi connectivity index (χ3n) is 3.78. The van der Waals surface area contributed by atoms with E-state index in [4.69, 9.17) is 0 Å². The summed E-state index contributed by atoms with van der Waals surface area (Å²) in [5.74, 6) is 0.835. The molecule has 0 spiro atoms. The Morgan fingerprint density at radius 2 is 2.40 bits per heavy atom. The van der Waals surface area contributed by atoms with Gasteiger partial charge in [0.15, 0.2) is 0 Å². The largest absolute Gasteiger partial charge is 0.345 e. The summed E-state index contributed by atoms with van der Waals surface area (Å²) in [5.41, 5.74) is 0.897. The van der Waals surface area contributed by atoms with Crippen LogP contribution in [0.15, 0.2) is 12.3 Å². The number of carbonyl (C=O) groups is 1. The molecule has 7 heteroatoms. The summed E-state index contributed by atoms with van der Waals surface area (Å²) in [5, 5.41) is 10.5. The predicted molar refractivity (Wildman–Crippen MR) is 73.4 cm³/mol. The first-order valence-electron chi connectivity index (χ1n) is 6.85. The maximum atomic E-state index is 12.2. The molecule has 2 aromatic rings. The second-order valence-corrected chi connectivity index (χ2v) is 5.28. The van der Waals surface area contributed by atoms with Gasteiger partial charge in [0.05, 0.1) is 0 Å². The molecule has 1 saturated heterocycles. The highest BCUT2D eigenvalue weighted by atomic mass is 16.2. The number of amides is 1. The van der Waals surface area contributed by atoms with E-state index in [2.05, 4.69) is 32.6 Å². The van der Waals surface area contributed by atoms with Crippen molar-refractivity contribution in [2.45, 2.75) is 26.3 Å². The molecular formula is C13H18N6O. The summed E-state index contributed by atoms with van der Waals surface area (Å²) in [4.78, 5) is 20.5. The Bertz CT molecular complexity index is 637. The van der Waals surface area contributed by atoms with Gasteiger partial charge in [0.2, 0.25) is 5.82 Å². The van der Waals surface area contributed by atoms with Gasteiger partial charge in [-0.2, -0.15) is 4.98 Å². The van der Waals surface area contributed by atoms with Crippen molar-refractivity contribution in [3.63, 3.8) is 0 Å². The van der Waals surface area contributed by atoms with Crippen molar-refractivity contribution in [3.05, 3.63) is 23.8 Å². The zero-order chi connectivity index (χ0) is 14.1. The number of aryl methyl sites for hydroxylation is 1. The molecule has 2 N–H and O–H groups in total. The van der Waals surface area contributed by atoms with Crippen molar-refractivity contribution in [3.8, 4) is 0 Å². The van der Waals surface area contributed by atoms with Gasteiger partial charge in [0.25, 0.3) is 11.7 Å². The van der Waals surface area contributed by atoms with Crippen LogP contribution in [0.3, 0.4) is 0 Å². The lowest BCUT2D eigenvalue weighted by atomic mass is 9.95. The van der Waals surface area contributed by atoms with Gasteiger partial charge in [-0.05, 0) is 31.9 Å². The molecule has 3 heterocycles. The Morgan fingerprint density at radius 3 is 3.15 bits per heavy atom. The number of nitrogens with one attached hydrogen (secondary N) is 2. The van der Waals surface area contributed by atoms with Crippen molar-refractivity contribution in [2.75, 3.05) is 13.1 Å². The van der Waals surface area contributed by atoms with Crippen LogP contribution in [0, 0.1) is 12.8 Å². The number of hydrogen-bond donors (Lipinski definition) is 2. The van der Waals surface area contributed by atoms with Crippen LogP contribution in [0.25, 0.3) is 5.78 Å². The predicted octanol–water partition coefficient (Wildman–Crippen LogP) is 0.161. The van der Waals surface area contributed by atoms with Crippen molar-refractivity contribution < 1.29 is 4.79 Å². The van der Waals surface area contributed by atoms with Crippen molar-refractivity contribution >= 4 is 11.7 Å². The normalized spacial score (nSPS) is 22.9. The first kappa shape index (κ1) is 13.0. The van der Waals surface area contributed by atoms with Gasteiger partial charge in [-0.1, -0.05) is 6.92 Å². The van der Waals surface area contributed by atoms with Gasteiger partial charge >= 0.3 is 0 Å². The van der Waals surface area contributed by atoms with E-state index in [0.717, 1.165) is 25.2 Å². The minimum Gasteiger partial charge on any atom is -0.345 e. The van der Waals surface area contributed by atoms with E-state index in [9.17, 15) is 4.79 Å². The lowest BCUT2D eigenvalue weighted by molar-refractivity contribution is 0.0905. The lowest BCUT2D eigenvalue weighted by Crippen LogP contribution is -2.50. The van der Waals surface area contributed by atoms with E-state index >= 15 is 0 Å². The molecule has 0 radical (unpaired) electrons. The molecule has 2 aromatic heterocycles. The monoisotopic (exact) mass is 274 g/mol. The molecule has 7 nitrogen and oxygen atoms in total. The molecule has 2 atom stereocenters. The average Bonchev–Trinajstić information content (AvgIpc) is 2.87. The number of piperidine rings is 1. The molecule has 20 heavy (non-hydrogen) atoms. The Hall–Kier alpha value is -2.02. The lowest BCUT2D eigenvalue weighted by Gasteiger charge is -2.29. The first-order chi connectivity index (χ1) is 9.65. The van der Waals surface area contributed by atoms with Crippen LogP contribution in [-0.4, -0.2) is 44.6 Å². The van der Waals surface area contributed by atoms with Crippen LogP contribution < -0.4 is 10.6 Å². The Kier molecular flexibility index (Phi) is 3.35. The second-order valence-electron chi connectivity index (χ2n) is 5.28. The van der Waals surface area contributed by atoms with E-state index in [1.807, 2.05) is 13.0 Å². The second kappa shape index (κ2) is 5.16. The molecule has 1 aliphatic rings. The quantitative estimate of drug-likeness (QED) is 0.815. The summed E-state index contributed by atoms with van der Waals surface area (Å²) in [6, 6.07) is 1.95. The van der Waals surface area contributed by atoms with Gasteiger partial charge in [0, 0.05) is 24.5 Å². The fraction of sp³-hybridized carbons (Fsp3) is 0.538. The fourth-order valence-corrected chi connectivity index (χ4v) is 2.42. The molecule has 0 aromatic carbocycles. The van der Waals surface area contributed by atoms with Crippen LogP contribution in [0.2, 0.25) is 0 Å². The summed E-state index contributed by atoms with van der Waals surface area (Å²) in [6.45, 7) is 5.84. The maximum absolute atomic E-state index is 12.2. The van der Waals surface area contributed by atoms with Gasteiger partial charge in [-0.15, -0.1) is 5.10 Å². The zero-order valence-corrected chi connectivity index (χ0v) is 11.6. The highest BCUT2D eigenvalue weighted by Crippen LogP contribution is 2.11. The standard InChI is InChI=1S/C13H18N6O/c1-8-3-5-14-7-10(8)16-12(20)11-17-13-15-6-4-9(2)19(13)18-11/h4,6,8,10,14H,3,5,7H2,1-2H3,(H,16,20). The van der Waals surface area contributed by atoms with E-state index in [0.29, 0.717) is 11.7 Å². The third-order valence-corrected chi connectivity index (χ3v) is 3.78. The molecule has 106 valence electrons. The topological polar surface area (TPSA) is 84.2 Å². The Labute approximate surface area is 116 Å². The zero-order valence-electron chi connectivity index (χ0n) is 11.6. The summed E-state index contributed by atoms with van der Waals surface area (Å²) in [6.07, 6.45) is 2.72. The van der Waals surface area contributed by atoms with Gasteiger partial charge in [-0.25, -0.2) is 9.50 Å². The van der Waals surface area contributed by atoms with Crippen molar-refractivity contribution in [1.82, 2.24) is 30.2 Å². The van der Waals surface area contributed by atoms with E-state index in [-0.39, 0.29) is 17.8 Å². The number of carbonyl (C=O) groups excluding carboxylic acids is 1. The van der Waals surface area contributed by atoms with Crippen LogP contribution in [0.1, 0.15) is 29.7 Å². The van der Waals surface area contributed by atoms with Gasteiger partial charge in [0.1, 0.15) is 0 Å². The fourth-order valence-electron chi connectivity index (χ4n) is 2.42. The number of aromatic nitrogens is 4. The number of nitrogens with zero attached hydrogens (tertiary/aromatic N) is 4. The molecule has 0 bridgehead atoms. The van der Waals surface area contributed by atoms with Crippen LogP contribution >= 0.6 is 0 Å². The molecule has 3 rings (SSSR count). The summed E-state index contributed by atoms with van der Waals surface area (Å²) >= 11 is 0. The number of rotatable bonds is 2. The van der Waals surface area contributed by atoms with Crippen LogP contribution in [0.4, 0.5) is 0 Å². The SMILES string of the molecule is Cc1ccnc2nc(C(=O)NC3CNCCC3C)nn12. The summed E-state index contributed by atoms with van der Waals surface area (Å²) < 4.78 is 1.58. The Morgan fingerprint density at radius 1 is 1.55 bits per heavy atom. The van der Waals surface area contributed by atoms with E-state index in [1.54, 1.807) is 10.7 Å². The summed E-state index contributed by atoms with van der Waals surface area (Å²) in [7, 11) is 0. The molecule has 1 amide bonds. The number of hydrogen-bond acceptors (Lipinski definition) is 5. The smallest absolute Gasteiger partial charge is 0.291 e. The van der Waals surface area contributed by atoms with Crippen LogP contribution in [-0.2, 0) is 0 Å². The third kappa shape index (κ3) is 2.36. The first-order valence-corrected chi connectivity index (χ1v) is 6.85. The molecule has 1 aliphatic heterocycles. The molecule has 1 fully saturated rings. The molecule has 0 aliphatic carbocycles. The van der Waals surface area contributed by atoms with E-state index in [1.165, 1.54) is 0 Å². The average molecular weight is 274 g/mol. The van der Waals surface area contributed by atoms with Crippen molar-refractivity contribution in [1.29, 1.82) is 0 Å². The van der Waals surface area contributed by atoms with Gasteiger partial charge in [-0.3, -0.25) is 4.79 Å². The highest BCUT2D eigenvalue weighted by Gasteiger charge is 2.24. The Balaban J connectivity index is 1.80. The van der Waals surface area contributed by atoms with Crippen LogP contribution in [0.5, 0.6) is 0 Å².